The van der Waals surface area contributed by atoms with Gasteiger partial charge in [0.25, 0.3) is 0 Å². The summed E-state index contributed by atoms with van der Waals surface area (Å²) in [6.45, 7) is 3.59. The molecule has 0 saturated heterocycles. The number of nitrogen functional groups attached to an aromatic ring is 1. The first kappa shape index (κ1) is 27.4. The Kier molecular flexibility index (Phi) is 6.98. The molecule has 0 bridgehead atoms. The molecule has 204 valence electrons. The van der Waals surface area contributed by atoms with Gasteiger partial charge < -0.3 is 21.3 Å². The molecule has 2 aromatic heterocycles. The minimum atomic E-state index is -4.52. The van der Waals surface area contributed by atoms with Crippen LogP contribution in [0.4, 0.5) is 35.2 Å². The fourth-order valence-corrected chi connectivity index (χ4v) is 4.29. The number of pyridine rings is 1. The Bertz CT molecular complexity index is 1560. The van der Waals surface area contributed by atoms with Crippen molar-refractivity contribution in [3.8, 4) is 11.1 Å². The van der Waals surface area contributed by atoms with E-state index in [1.54, 1.807) is 63.9 Å². The Morgan fingerprint density at radius 3 is 2.23 bits per heavy atom. The van der Waals surface area contributed by atoms with E-state index in [1.165, 1.54) is 17.0 Å². The van der Waals surface area contributed by atoms with Crippen molar-refractivity contribution in [2.75, 3.05) is 30.5 Å². The number of carbonyl (C=O) groups excluding carboxylic acids is 2. The predicted molar refractivity (Wildman–Crippen MR) is 144 cm³/mol. The molecule has 0 unspecified atom stereocenters. The lowest BCUT2D eigenvalue weighted by Gasteiger charge is -2.27. The lowest BCUT2D eigenvalue weighted by Crippen LogP contribution is -2.39. The van der Waals surface area contributed by atoms with Gasteiger partial charge in [-0.1, -0.05) is 18.2 Å². The predicted octanol–water partition coefficient (Wildman–Crippen LogP) is 5.25. The monoisotopic (exact) mass is 539 g/mol. The summed E-state index contributed by atoms with van der Waals surface area (Å²) in [5, 5.41) is 9.93. The average Bonchev–Trinajstić information content (AvgIpc) is 3.16. The molecule has 0 aliphatic carbocycles. The summed E-state index contributed by atoms with van der Waals surface area (Å²) in [6.07, 6.45) is -4.52. The molecule has 0 saturated carbocycles. The zero-order valence-corrected chi connectivity index (χ0v) is 22.0. The first-order valence-corrected chi connectivity index (χ1v) is 11.9. The van der Waals surface area contributed by atoms with Gasteiger partial charge in [0.05, 0.1) is 22.1 Å². The molecular weight excluding hydrogens is 511 g/mol. The summed E-state index contributed by atoms with van der Waals surface area (Å²) < 4.78 is 40.4. The van der Waals surface area contributed by atoms with Crippen LogP contribution in [0.1, 0.15) is 25.1 Å². The summed E-state index contributed by atoms with van der Waals surface area (Å²) in [5.74, 6) is 0.155. The highest BCUT2D eigenvalue weighted by atomic mass is 19.4. The van der Waals surface area contributed by atoms with Crippen LogP contribution in [0.25, 0.3) is 22.2 Å². The molecule has 9 nitrogen and oxygen atoms in total. The van der Waals surface area contributed by atoms with Crippen LogP contribution in [-0.2, 0) is 23.4 Å². The zero-order valence-electron chi connectivity index (χ0n) is 22.0. The van der Waals surface area contributed by atoms with Gasteiger partial charge in [-0.2, -0.15) is 18.3 Å². The molecule has 2 aromatic carbocycles. The van der Waals surface area contributed by atoms with Gasteiger partial charge in [0, 0.05) is 32.5 Å². The van der Waals surface area contributed by atoms with Crippen molar-refractivity contribution >= 4 is 40.2 Å². The van der Waals surface area contributed by atoms with Gasteiger partial charge in [0.15, 0.2) is 11.5 Å². The van der Waals surface area contributed by atoms with Crippen molar-refractivity contribution in [1.29, 1.82) is 0 Å². The van der Waals surface area contributed by atoms with Crippen molar-refractivity contribution in [3.63, 3.8) is 0 Å². The van der Waals surface area contributed by atoms with E-state index in [9.17, 15) is 22.8 Å². The van der Waals surface area contributed by atoms with Crippen molar-refractivity contribution in [2.24, 2.45) is 7.05 Å². The molecule has 0 fully saturated rings. The number of hydrogen-bond acceptors (Lipinski definition) is 5. The summed E-state index contributed by atoms with van der Waals surface area (Å²) in [5.41, 5.74) is 7.32. The van der Waals surface area contributed by atoms with E-state index in [2.05, 4.69) is 15.7 Å². The maximum Gasteiger partial charge on any atom is 0.416 e. The summed E-state index contributed by atoms with van der Waals surface area (Å²) >= 11 is 0. The SMILES string of the molecule is CN(C)C(=O)C(C)(C)c1cc(-c2ccc(NC(=O)Nc3cccc(C(F)(F)F)c3)cc2)c2c(N)nn(C)c2n1. The number of nitrogens with zero attached hydrogens (tertiary/aromatic N) is 4. The first-order valence-electron chi connectivity index (χ1n) is 11.9. The number of hydrogen-bond donors (Lipinski definition) is 3. The normalized spacial score (nSPS) is 11.9. The van der Waals surface area contributed by atoms with Gasteiger partial charge in [0.2, 0.25) is 5.91 Å². The number of carbonyl (C=O) groups is 2. The Labute approximate surface area is 222 Å². The second-order valence-electron chi connectivity index (χ2n) is 9.82. The fourth-order valence-electron chi connectivity index (χ4n) is 4.29. The molecule has 3 amide bonds. The Morgan fingerprint density at radius 1 is 0.974 bits per heavy atom. The van der Waals surface area contributed by atoms with Crippen LogP contribution in [0.5, 0.6) is 0 Å². The van der Waals surface area contributed by atoms with Crippen molar-refractivity contribution in [3.05, 3.63) is 65.9 Å². The molecule has 12 heteroatoms. The third-order valence-corrected chi connectivity index (χ3v) is 6.30. The summed E-state index contributed by atoms with van der Waals surface area (Å²) in [4.78, 5) is 31.6. The summed E-state index contributed by atoms with van der Waals surface area (Å²) in [7, 11) is 5.08. The topological polar surface area (TPSA) is 118 Å². The summed E-state index contributed by atoms with van der Waals surface area (Å²) in [6, 6.07) is 12.3. The van der Waals surface area contributed by atoms with E-state index in [1.807, 2.05) is 6.07 Å². The Morgan fingerprint density at radius 2 is 1.62 bits per heavy atom. The van der Waals surface area contributed by atoms with Crippen LogP contribution in [0, 0.1) is 0 Å². The molecule has 2 heterocycles. The lowest BCUT2D eigenvalue weighted by molar-refractivity contribution is -0.137. The molecule has 0 aliphatic heterocycles. The Hall–Kier alpha value is -4.61. The second-order valence-corrected chi connectivity index (χ2v) is 9.82. The average molecular weight is 540 g/mol. The molecule has 0 spiro atoms. The van der Waals surface area contributed by atoms with E-state index in [0.29, 0.717) is 28.0 Å². The molecule has 4 aromatic rings. The number of alkyl halides is 3. The number of anilines is 3. The van der Waals surface area contributed by atoms with Crippen LogP contribution >= 0.6 is 0 Å². The number of fused-ring (bicyclic) bond motifs is 1. The molecule has 4 rings (SSSR count). The molecule has 4 N–H and O–H groups in total. The van der Waals surface area contributed by atoms with Crippen LogP contribution in [0.2, 0.25) is 0 Å². The third kappa shape index (κ3) is 5.49. The number of halogens is 3. The number of nitrogens with one attached hydrogen (secondary N) is 2. The van der Waals surface area contributed by atoms with Crippen LogP contribution in [0.15, 0.2) is 54.6 Å². The highest BCUT2D eigenvalue weighted by Crippen LogP contribution is 2.36. The number of rotatable bonds is 5. The van der Waals surface area contributed by atoms with Crippen LogP contribution in [-0.4, -0.2) is 45.7 Å². The maximum absolute atomic E-state index is 13.0. The fraction of sp³-hybridized carbons (Fsp3) is 0.259. The number of nitrogens with two attached hydrogens (primary N) is 1. The van der Waals surface area contributed by atoms with Gasteiger partial charge in [-0.3, -0.25) is 4.79 Å². The minimum Gasteiger partial charge on any atom is -0.382 e. The van der Waals surface area contributed by atoms with E-state index in [-0.39, 0.29) is 17.4 Å². The highest BCUT2D eigenvalue weighted by molar-refractivity contribution is 6.02. The van der Waals surface area contributed by atoms with Gasteiger partial charge >= 0.3 is 12.2 Å². The number of aromatic nitrogens is 3. The van der Waals surface area contributed by atoms with E-state index in [4.69, 9.17) is 10.7 Å². The number of aryl methyl sites for hydroxylation is 1. The smallest absolute Gasteiger partial charge is 0.382 e. The Balaban J connectivity index is 1.63. The number of likely N-dealkylation sites (N-methyl/N-ethyl adjacent to an activating group) is 1. The van der Waals surface area contributed by atoms with Crippen LogP contribution in [0.3, 0.4) is 0 Å². The van der Waals surface area contributed by atoms with Gasteiger partial charge in [-0.05, 0) is 61.4 Å². The van der Waals surface area contributed by atoms with Crippen LogP contribution < -0.4 is 16.4 Å². The largest absolute Gasteiger partial charge is 0.416 e. The standard InChI is InChI=1S/C27H28F3N7O2/c1-26(2,24(38)36(3)4)20-14-19(21-22(31)35-37(5)23(21)34-20)15-9-11-17(12-10-15)32-25(39)33-18-8-6-7-16(13-18)27(28,29)30/h6-14H,1-5H3,(H2,31,35)(H2,32,33,39). The van der Waals surface area contributed by atoms with E-state index >= 15 is 0 Å². The molecule has 0 radical (unpaired) electrons. The van der Waals surface area contributed by atoms with Crippen molar-refractivity contribution in [2.45, 2.75) is 25.4 Å². The lowest BCUT2D eigenvalue weighted by atomic mass is 9.85. The van der Waals surface area contributed by atoms with E-state index in [0.717, 1.165) is 17.7 Å². The van der Waals surface area contributed by atoms with E-state index < -0.39 is 23.2 Å². The number of benzene rings is 2. The van der Waals surface area contributed by atoms with Gasteiger partial charge in [-0.25, -0.2) is 14.5 Å². The number of urea groups is 1. The highest BCUT2D eigenvalue weighted by Gasteiger charge is 2.34. The van der Waals surface area contributed by atoms with Crippen molar-refractivity contribution < 1.29 is 22.8 Å². The number of amides is 3. The van der Waals surface area contributed by atoms with Gasteiger partial charge in [-0.15, -0.1) is 0 Å². The molecule has 0 atom stereocenters. The van der Waals surface area contributed by atoms with Crippen molar-refractivity contribution in [1.82, 2.24) is 19.7 Å². The third-order valence-electron chi connectivity index (χ3n) is 6.30. The van der Waals surface area contributed by atoms with Gasteiger partial charge in [0.1, 0.15) is 0 Å². The zero-order chi connectivity index (χ0) is 28.7. The molecular formula is C27H28F3N7O2. The second kappa shape index (κ2) is 9.93. The maximum atomic E-state index is 13.0. The quantitative estimate of drug-likeness (QED) is 0.320. The minimum absolute atomic E-state index is 0.00703. The molecule has 0 aliphatic rings. The molecule has 39 heavy (non-hydrogen) atoms. The first-order chi connectivity index (χ1) is 18.2.